The predicted molar refractivity (Wildman–Crippen MR) is 163 cm³/mol. The molecule has 208 valence electrons. The summed E-state index contributed by atoms with van der Waals surface area (Å²) in [5.74, 6) is 1.12. The molecule has 0 aromatic heterocycles. The zero-order valence-corrected chi connectivity index (χ0v) is 24.1. The van der Waals surface area contributed by atoms with E-state index in [1.54, 1.807) is 60.7 Å². The fourth-order valence-corrected chi connectivity index (χ4v) is 4.26. The highest BCUT2D eigenvalue weighted by Crippen LogP contribution is 2.31. The van der Waals surface area contributed by atoms with Gasteiger partial charge in [0.05, 0.1) is 6.61 Å². The zero-order chi connectivity index (χ0) is 29.2. The monoisotopic (exact) mass is 586 g/mol. The van der Waals surface area contributed by atoms with Crippen molar-refractivity contribution in [2.24, 2.45) is 0 Å². The third-order valence-corrected chi connectivity index (χ3v) is 6.57. The first kappa shape index (κ1) is 29.5. The van der Waals surface area contributed by atoms with Crippen molar-refractivity contribution in [3.05, 3.63) is 123 Å². The summed E-state index contributed by atoms with van der Waals surface area (Å²) in [6.07, 6.45) is 1.50. The molecule has 0 aliphatic rings. The molecule has 41 heavy (non-hydrogen) atoms. The lowest BCUT2D eigenvalue weighted by Crippen LogP contribution is -2.13. The van der Waals surface area contributed by atoms with E-state index in [-0.39, 0.29) is 12.2 Å². The normalized spacial score (nSPS) is 11.0. The van der Waals surface area contributed by atoms with E-state index in [4.69, 9.17) is 37.4 Å². The molecule has 0 saturated heterocycles. The number of nitriles is 1. The Labute approximate surface area is 249 Å². The fourth-order valence-electron chi connectivity index (χ4n) is 3.80. The standard InChI is InChI=1S/C33H28Cl2N2O4/c1-3-39-32-17-24(8-15-31(32)41-21-25-9-10-27(34)18-30(25)35)16-26(19-36)33(38)37-28-11-13-29(14-12-28)40-20-23-6-4-22(2)5-7-23/h4-18H,3,20-21H2,1-2H3,(H,37,38)/b26-16+. The van der Waals surface area contributed by atoms with Gasteiger partial charge < -0.3 is 19.5 Å². The largest absolute Gasteiger partial charge is 0.490 e. The minimum atomic E-state index is -0.531. The first-order chi connectivity index (χ1) is 19.8. The Balaban J connectivity index is 1.40. The smallest absolute Gasteiger partial charge is 0.266 e. The van der Waals surface area contributed by atoms with Gasteiger partial charge in [-0.3, -0.25) is 4.79 Å². The lowest BCUT2D eigenvalue weighted by molar-refractivity contribution is -0.112. The maximum Gasteiger partial charge on any atom is 0.266 e. The number of nitrogens with zero attached hydrogens (tertiary/aromatic N) is 1. The van der Waals surface area contributed by atoms with Gasteiger partial charge in [0.2, 0.25) is 0 Å². The second kappa shape index (κ2) is 14.3. The zero-order valence-electron chi connectivity index (χ0n) is 22.6. The van der Waals surface area contributed by atoms with Crippen LogP contribution in [0.4, 0.5) is 5.69 Å². The van der Waals surface area contributed by atoms with Gasteiger partial charge in [-0.25, -0.2) is 0 Å². The van der Waals surface area contributed by atoms with Gasteiger partial charge in [-0.15, -0.1) is 0 Å². The number of rotatable bonds is 11. The van der Waals surface area contributed by atoms with Crippen molar-refractivity contribution in [2.75, 3.05) is 11.9 Å². The van der Waals surface area contributed by atoms with E-state index in [9.17, 15) is 10.1 Å². The minimum Gasteiger partial charge on any atom is -0.490 e. The van der Waals surface area contributed by atoms with Gasteiger partial charge in [0.15, 0.2) is 11.5 Å². The highest BCUT2D eigenvalue weighted by molar-refractivity contribution is 6.35. The Hall–Kier alpha value is -4.44. The van der Waals surface area contributed by atoms with Crippen LogP contribution in [0.1, 0.15) is 29.2 Å². The molecule has 0 atom stereocenters. The maximum atomic E-state index is 12.9. The van der Waals surface area contributed by atoms with E-state index >= 15 is 0 Å². The van der Waals surface area contributed by atoms with E-state index in [0.717, 1.165) is 11.1 Å². The van der Waals surface area contributed by atoms with Crippen LogP contribution >= 0.6 is 23.2 Å². The summed E-state index contributed by atoms with van der Waals surface area (Å²) >= 11 is 12.2. The summed E-state index contributed by atoms with van der Waals surface area (Å²) in [5.41, 5.74) is 4.12. The van der Waals surface area contributed by atoms with Crippen molar-refractivity contribution in [1.29, 1.82) is 5.26 Å². The number of benzene rings is 4. The molecule has 0 heterocycles. The van der Waals surface area contributed by atoms with Crippen LogP contribution in [0, 0.1) is 18.3 Å². The van der Waals surface area contributed by atoms with Crippen LogP contribution in [-0.4, -0.2) is 12.5 Å². The van der Waals surface area contributed by atoms with E-state index in [1.165, 1.54) is 11.6 Å². The highest BCUT2D eigenvalue weighted by Gasteiger charge is 2.13. The third-order valence-electron chi connectivity index (χ3n) is 5.98. The predicted octanol–water partition coefficient (Wildman–Crippen LogP) is 8.40. The van der Waals surface area contributed by atoms with Crippen molar-refractivity contribution < 1.29 is 19.0 Å². The number of amides is 1. The Morgan fingerprint density at radius 3 is 2.32 bits per heavy atom. The molecular weight excluding hydrogens is 559 g/mol. The van der Waals surface area contributed by atoms with Gasteiger partial charge in [-0.1, -0.05) is 65.2 Å². The van der Waals surface area contributed by atoms with Gasteiger partial charge in [-0.2, -0.15) is 5.26 Å². The topological polar surface area (TPSA) is 80.6 Å². The van der Waals surface area contributed by atoms with E-state index < -0.39 is 5.91 Å². The van der Waals surface area contributed by atoms with E-state index in [1.807, 2.05) is 44.2 Å². The molecular formula is C33H28Cl2N2O4. The first-order valence-corrected chi connectivity index (χ1v) is 13.7. The highest BCUT2D eigenvalue weighted by atomic mass is 35.5. The molecule has 0 fully saturated rings. The molecule has 1 N–H and O–H groups in total. The Morgan fingerprint density at radius 1 is 0.878 bits per heavy atom. The van der Waals surface area contributed by atoms with Crippen LogP contribution in [0.2, 0.25) is 10.0 Å². The van der Waals surface area contributed by atoms with Crippen LogP contribution in [0.25, 0.3) is 6.08 Å². The molecule has 1 amide bonds. The molecule has 0 bridgehead atoms. The van der Waals surface area contributed by atoms with Crippen molar-refractivity contribution in [3.63, 3.8) is 0 Å². The van der Waals surface area contributed by atoms with Crippen molar-refractivity contribution in [3.8, 4) is 23.3 Å². The van der Waals surface area contributed by atoms with Gasteiger partial charge in [-0.05, 0) is 79.6 Å². The molecule has 0 saturated carbocycles. The summed E-state index contributed by atoms with van der Waals surface area (Å²) in [6.45, 7) is 4.95. The first-order valence-electron chi connectivity index (χ1n) is 12.9. The van der Waals surface area contributed by atoms with Gasteiger partial charge in [0.25, 0.3) is 5.91 Å². The Morgan fingerprint density at radius 2 is 1.63 bits per heavy atom. The maximum absolute atomic E-state index is 12.9. The second-order valence-electron chi connectivity index (χ2n) is 9.09. The molecule has 0 radical (unpaired) electrons. The number of hydrogen-bond acceptors (Lipinski definition) is 5. The quantitative estimate of drug-likeness (QED) is 0.141. The molecule has 4 aromatic carbocycles. The number of ether oxygens (including phenoxy) is 3. The lowest BCUT2D eigenvalue weighted by Gasteiger charge is -2.13. The number of hydrogen-bond donors (Lipinski definition) is 1. The van der Waals surface area contributed by atoms with Gasteiger partial charge in [0, 0.05) is 21.3 Å². The van der Waals surface area contributed by atoms with Crippen molar-refractivity contribution >= 4 is 40.9 Å². The Kier molecular flexibility index (Phi) is 10.3. The average molecular weight is 588 g/mol. The number of aryl methyl sites for hydroxylation is 1. The van der Waals surface area contributed by atoms with Crippen molar-refractivity contribution in [1.82, 2.24) is 0 Å². The molecule has 8 heteroatoms. The average Bonchev–Trinajstić information content (AvgIpc) is 2.97. The van der Waals surface area contributed by atoms with Crippen LogP contribution in [0.5, 0.6) is 17.2 Å². The molecule has 0 aliphatic heterocycles. The van der Waals surface area contributed by atoms with E-state index in [2.05, 4.69) is 5.32 Å². The van der Waals surface area contributed by atoms with Gasteiger partial charge >= 0.3 is 0 Å². The van der Waals surface area contributed by atoms with Gasteiger partial charge in [0.1, 0.15) is 30.6 Å². The van der Waals surface area contributed by atoms with Crippen LogP contribution < -0.4 is 19.5 Å². The molecule has 6 nitrogen and oxygen atoms in total. The molecule has 4 aromatic rings. The summed E-state index contributed by atoms with van der Waals surface area (Å²) in [5, 5.41) is 13.5. The molecule has 0 unspecified atom stereocenters. The lowest BCUT2D eigenvalue weighted by atomic mass is 10.1. The van der Waals surface area contributed by atoms with Crippen LogP contribution in [-0.2, 0) is 18.0 Å². The van der Waals surface area contributed by atoms with Crippen molar-refractivity contribution in [2.45, 2.75) is 27.1 Å². The molecule has 0 spiro atoms. The minimum absolute atomic E-state index is 0.0613. The number of carbonyl (C=O) groups is 1. The van der Waals surface area contributed by atoms with Crippen LogP contribution in [0.15, 0.2) is 90.5 Å². The number of halogens is 2. The second-order valence-corrected chi connectivity index (χ2v) is 9.93. The summed E-state index contributed by atoms with van der Waals surface area (Å²) in [6, 6.07) is 27.5. The summed E-state index contributed by atoms with van der Waals surface area (Å²) < 4.78 is 17.5. The number of carbonyl (C=O) groups excluding carboxylic acids is 1. The summed E-state index contributed by atoms with van der Waals surface area (Å²) in [4.78, 5) is 12.9. The molecule has 4 rings (SSSR count). The molecule has 0 aliphatic carbocycles. The summed E-state index contributed by atoms with van der Waals surface area (Å²) in [7, 11) is 0. The fraction of sp³-hybridized carbons (Fsp3) is 0.152. The number of anilines is 1. The van der Waals surface area contributed by atoms with Crippen LogP contribution in [0.3, 0.4) is 0 Å². The Bertz CT molecular complexity index is 1580. The third kappa shape index (κ3) is 8.52. The van der Waals surface area contributed by atoms with E-state index in [0.29, 0.717) is 51.8 Å². The number of nitrogens with one attached hydrogen (secondary N) is 1. The SMILES string of the molecule is CCOc1cc(/C=C(\C#N)C(=O)Nc2ccc(OCc3ccc(C)cc3)cc2)ccc1OCc1ccc(Cl)cc1Cl.